The van der Waals surface area contributed by atoms with Crippen LogP contribution in [0.15, 0.2) is 0 Å². The van der Waals surface area contributed by atoms with Crippen LogP contribution in [0.2, 0.25) is 0 Å². The number of hydrogen-bond acceptors (Lipinski definition) is 3. The van der Waals surface area contributed by atoms with Gasteiger partial charge in [-0.05, 0) is 0 Å². The maximum atomic E-state index is 13.2. The standard InChI is InChI=1S/C7F14O3/c8-2(4(10,11)12,23-6(16,17)18)1(22)3(9,5(13,14)15)24-7(19,20)21. The molecule has 0 rings (SSSR count). The van der Waals surface area contributed by atoms with Crippen molar-refractivity contribution in [3.8, 4) is 0 Å². The molecule has 2 unspecified atom stereocenters. The molecule has 0 bridgehead atoms. The molecule has 24 heavy (non-hydrogen) atoms. The Labute approximate surface area is 120 Å². The first kappa shape index (κ1) is 22.6. The van der Waals surface area contributed by atoms with Crippen molar-refractivity contribution in [2.45, 2.75) is 36.8 Å². The lowest BCUT2D eigenvalue weighted by atomic mass is 10.0. The molecular formula is C7F14O3. The smallest absolute Gasteiger partial charge is 0.286 e. The molecule has 0 spiro atoms. The normalized spacial score (nSPS) is 19.6. The molecule has 0 N–H and O–H groups in total. The summed E-state index contributed by atoms with van der Waals surface area (Å²) in [6, 6.07) is 0. The van der Waals surface area contributed by atoms with E-state index in [-0.39, 0.29) is 0 Å². The Bertz CT molecular complexity index is 429. The Kier molecular flexibility index (Phi) is 5.51. The number of alkyl halides is 14. The van der Waals surface area contributed by atoms with E-state index in [9.17, 15) is 66.3 Å². The first-order valence-corrected chi connectivity index (χ1v) is 4.67. The molecule has 0 heterocycles. The molecule has 0 radical (unpaired) electrons. The zero-order chi connectivity index (χ0) is 20.0. The molecular weight excluding hydrogens is 398 g/mol. The topological polar surface area (TPSA) is 35.5 Å². The van der Waals surface area contributed by atoms with E-state index in [1.54, 1.807) is 0 Å². The van der Waals surface area contributed by atoms with Crippen LogP contribution in [0.1, 0.15) is 0 Å². The van der Waals surface area contributed by atoms with Crippen LogP contribution in [0.5, 0.6) is 0 Å². The van der Waals surface area contributed by atoms with Crippen LogP contribution < -0.4 is 0 Å². The molecule has 0 fully saturated rings. The molecule has 3 nitrogen and oxygen atoms in total. The van der Waals surface area contributed by atoms with Gasteiger partial charge in [0, 0.05) is 0 Å². The van der Waals surface area contributed by atoms with Crippen molar-refractivity contribution in [2.75, 3.05) is 0 Å². The van der Waals surface area contributed by atoms with E-state index in [4.69, 9.17) is 0 Å². The van der Waals surface area contributed by atoms with Crippen molar-refractivity contribution < 1.29 is 75.7 Å². The SMILES string of the molecule is O=C(C(F)(OC(F)(F)F)C(F)(F)F)C(F)(OC(F)(F)F)C(F)(F)F. The molecule has 2 atom stereocenters. The van der Waals surface area contributed by atoms with Crippen LogP contribution in [0, 0.1) is 0 Å². The van der Waals surface area contributed by atoms with E-state index in [2.05, 4.69) is 0 Å². The summed E-state index contributed by atoms with van der Waals surface area (Å²) < 4.78 is 172. The number of carbonyl (C=O) groups excluding carboxylic acids is 1. The van der Waals surface area contributed by atoms with E-state index in [0.29, 0.717) is 0 Å². The molecule has 0 aromatic heterocycles. The van der Waals surface area contributed by atoms with Crippen molar-refractivity contribution in [3.05, 3.63) is 0 Å². The number of rotatable bonds is 4. The first-order valence-electron chi connectivity index (χ1n) is 4.67. The van der Waals surface area contributed by atoms with E-state index in [1.807, 2.05) is 0 Å². The average Bonchev–Trinajstić information content (AvgIpc) is 2.19. The van der Waals surface area contributed by atoms with E-state index in [1.165, 1.54) is 9.47 Å². The van der Waals surface area contributed by atoms with Gasteiger partial charge in [-0.2, -0.15) is 35.1 Å². The van der Waals surface area contributed by atoms with Crippen LogP contribution in [-0.4, -0.2) is 42.6 Å². The number of carbonyl (C=O) groups is 1. The summed E-state index contributed by atoms with van der Waals surface area (Å²) >= 11 is 0. The molecule has 0 aliphatic carbocycles. The molecule has 0 aromatic rings. The van der Waals surface area contributed by atoms with Crippen LogP contribution in [0.25, 0.3) is 0 Å². The molecule has 0 saturated carbocycles. The second-order valence-corrected chi connectivity index (χ2v) is 3.61. The highest BCUT2D eigenvalue weighted by Gasteiger charge is 2.80. The lowest BCUT2D eigenvalue weighted by Crippen LogP contribution is -2.65. The lowest BCUT2D eigenvalue weighted by Gasteiger charge is -2.34. The predicted octanol–water partition coefficient (Wildman–Crippen LogP) is 4.08. The van der Waals surface area contributed by atoms with Gasteiger partial charge in [-0.1, -0.05) is 0 Å². The van der Waals surface area contributed by atoms with Crippen molar-refractivity contribution in [2.24, 2.45) is 0 Å². The van der Waals surface area contributed by atoms with Gasteiger partial charge in [-0.3, -0.25) is 4.79 Å². The minimum Gasteiger partial charge on any atom is -0.286 e. The van der Waals surface area contributed by atoms with Crippen LogP contribution in [-0.2, 0) is 14.3 Å². The summed E-state index contributed by atoms with van der Waals surface area (Å²) in [5.74, 6) is -19.4. The van der Waals surface area contributed by atoms with Gasteiger partial charge in [-0.15, -0.1) is 26.3 Å². The van der Waals surface area contributed by atoms with E-state index < -0.39 is 42.6 Å². The second kappa shape index (κ2) is 5.85. The van der Waals surface area contributed by atoms with Crippen LogP contribution in [0.4, 0.5) is 61.5 Å². The summed E-state index contributed by atoms with van der Waals surface area (Å²) in [5, 5.41) is 0. The van der Waals surface area contributed by atoms with Crippen LogP contribution in [0.3, 0.4) is 0 Å². The van der Waals surface area contributed by atoms with Crippen LogP contribution >= 0.6 is 0 Å². The van der Waals surface area contributed by atoms with Gasteiger partial charge >= 0.3 is 36.8 Å². The third kappa shape index (κ3) is 4.81. The summed E-state index contributed by atoms with van der Waals surface area (Å²) in [5.41, 5.74) is 0. The van der Waals surface area contributed by atoms with Gasteiger partial charge in [0.2, 0.25) is 0 Å². The summed E-state index contributed by atoms with van der Waals surface area (Å²) in [4.78, 5) is 10.7. The Balaban J connectivity index is 6.33. The maximum Gasteiger partial charge on any atom is 0.525 e. The number of hydrogen-bond donors (Lipinski definition) is 0. The van der Waals surface area contributed by atoms with Gasteiger partial charge in [0.05, 0.1) is 0 Å². The third-order valence-electron chi connectivity index (χ3n) is 1.83. The minimum atomic E-state index is -7.36. The third-order valence-corrected chi connectivity index (χ3v) is 1.83. The van der Waals surface area contributed by atoms with E-state index >= 15 is 0 Å². The highest BCUT2D eigenvalue weighted by molar-refractivity contribution is 5.93. The van der Waals surface area contributed by atoms with Gasteiger partial charge in [0.15, 0.2) is 0 Å². The fraction of sp³-hybridized carbons (Fsp3) is 0.857. The summed E-state index contributed by atoms with van der Waals surface area (Å²) in [7, 11) is 0. The van der Waals surface area contributed by atoms with Crippen molar-refractivity contribution in [3.63, 3.8) is 0 Å². The molecule has 144 valence electrons. The van der Waals surface area contributed by atoms with Gasteiger partial charge in [-0.25, -0.2) is 9.47 Å². The van der Waals surface area contributed by atoms with Crippen molar-refractivity contribution in [1.82, 2.24) is 0 Å². The monoisotopic (exact) mass is 398 g/mol. The Morgan fingerprint density at radius 1 is 0.500 bits per heavy atom. The Morgan fingerprint density at radius 3 is 0.833 bits per heavy atom. The zero-order valence-electron chi connectivity index (χ0n) is 10.0. The second-order valence-electron chi connectivity index (χ2n) is 3.61. The Hall–Kier alpha value is -1.39. The van der Waals surface area contributed by atoms with Crippen molar-refractivity contribution >= 4 is 5.78 Å². The van der Waals surface area contributed by atoms with E-state index in [0.717, 1.165) is 0 Å². The highest BCUT2D eigenvalue weighted by atomic mass is 19.4. The molecule has 0 amide bonds. The fourth-order valence-corrected chi connectivity index (χ4v) is 0.992. The minimum absolute atomic E-state index is 1.48. The Morgan fingerprint density at radius 2 is 0.708 bits per heavy atom. The average molecular weight is 398 g/mol. The highest BCUT2D eigenvalue weighted by Crippen LogP contribution is 2.49. The maximum absolute atomic E-state index is 13.2. The largest absolute Gasteiger partial charge is 0.525 e. The molecule has 0 aromatic carbocycles. The molecule has 0 saturated heterocycles. The number of ketones is 1. The number of Topliss-reactive ketones (excluding diaryl/α,β-unsaturated/α-hetero) is 1. The lowest BCUT2D eigenvalue weighted by molar-refractivity contribution is -0.458. The summed E-state index contributed by atoms with van der Waals surface area (Å²) in [6.45, 7) is 0. The predicted molar refractivity (Wildman–Crippen MR) is 39.1 cm³/mol. The fourth-order valence-electron chi connectivity index (χ4n) is 0.992. The summed E-state index contributed by atoms with van der Waals surface area (Å²) in [6.07, 6.45) is -28.4. The van der Waals surface area contributed by atoms with Crippen molar-refractivity contribution in [1.29, 1.82) is 0 Å². The first-order chi connectivity index (χ1) is 10.1. The van der Waals surface area contributed by atoms with Gasteiger partial charge in [0.1, 0.15) is 0 Å². The number of halogens is 14. The van der Waals surface area contributed by atoms with Gasteiger partial charge < -0.3 is 0 Å². The molecule has 0 aliphatic rings. The molecule has 17 heteroatoms. The quantitative estimate of drug-likeness (QED) is 0.670. The zero-order valence-corrected chi connectivity index (χ0v) is 10.0. The number of ether oxygens (including phenoxy) is 2. The van der Waals surface area contributed by atoms with Gasteiger partial charge in [0.25, 0.3) is 5.78 Å². The molecule has 0 aliphatic heterocycles.